The van der Waals surface area contributed by atoms with Crippen LogP contribution < -0.4 is 5.32 Å². The smallest absolute Gasteiger partial charge is 0.341 e. The second kappa shape index (κ2) is 4.38. The molecule has 0 bridgehead atoms. The van der Waals surface area contributed by atoms with Crippen LogP contribution in [0.15, 0.2) is 18.3 Å². The zero-order chi connectivity index (χ0) is 12.5. The number of ether oxygens (including phenoxy) is 1. The van der Waals surface area contributed by atoms with Gasteiger partial charge in [-0.15, -0.1) is 5.10 Å². The number of hydrogen-bond donors (Lipinski definition) is 1. The van der Waals surface area contributed by atoms with Crippen LogP contribution in [0.2, 0.25) is 0 Å². The van der Waals surface area contributed by atoms with Gasteiger partial charge in [-0.1, -0.05) is 0 Å². The maximum Gasteiger partial charge on any atom is 0.341 e. The van der Waals surface area contributed by atoms with Gasteiger partial charge in [0, 0.05) is 6.20 Å². The van der Waals surface area contributed by atoms with E-state index in [0.717, 1.165) is 25.2 Å². The minimum absolute atomic E-state index is 0.190. The highest BCUT2D eigenvalue weighted by atomic mass is 16.5. The van der Waals surface area contributed by atoms with Crippen molar-refractivity contribution in [3.8, 4) is 0 Å². The lowest BCUT2D eigenvalue weighted by Crippen LogP contribution is -2.14. The van der Waals surface area contributed by atoms with E-state index < -0.39 is 0 Å². The molecule has 18 heavy (non-hydrogen) atoms. The van der Waals surface area contributed by atoms with Crippen molar-refractivity contribution in [1.82, 2.24) is 19.9 Å². The van der Waals surface area contributed by atoms with Gasteiger partial charge in [0.1, 0.15) is 5.56 Å². The number of pyridine rings is 1. The standard InChI is InChI=1S/C12H14N4O2/c1-18-12(17)8-4-3-7-16-11(8)14-10(15-16)9-5-2-6-13-9/h3-4,7,9,13H,2,5-6H2,1H3. The minimum Gasteiger partial charge on any atom is -0.465 e. The highest BCUT2D eigenvalue weighted by Crippen LogP contribution is 2.21. The molecule has 1 fully saturated rings. The lowest BCUT2D eigenvalue weighted by atomic mass is 10.2. The maximum atomic E-state index is 11.6. The van der Waals surface area contributed by atoms with Crippen molar-refractivity contribution in [2.75, 3.05) is 13.7 Å². The van der Waals surface area contributed by atoms with Crippen molar-refractivity contribution >= 4 is 11.6 Å². The highest BCUT2D eigenvalue weighted by molar-refractivity contribution is 5.95. The number of rotatable bonds is 2. The van der Waals surface area contributed by atoms with Crippen LogP contribution in [0.25, 0.3) is 5.65 Å². The fraction of sp³-hybridized carbons (Fsp3) is 0.417. The summed E-state index contributed by atoms with van der Waals surface area (Å²) in [6.45, 7) is 0.990. The number of methoxy groups -OCH3 is 1. The summed E-state index contributed by atoms with van der Waals surface area (Å²) in [5, 5.41) is 7.75. The van der Waals surface area contributed by atoms with E-state index in [4.69, 9.17) is 4.74 Å². The Labute approximate surface area is 104 Å². The van der Waals surface area contributed by atoms with Gasteiger partial charge in [0.05, 0.1) is 13.2 Å². The number of carbonyl (C=O) groups excluding carboxylic acids is 1. The molecular formula is C12H14N4O2. The van der Waals surface area contributed by atoms with Gasteiger partial charge in [0.25, 0.3) is 0 Å². The van der Waals surface area contributed by atoms with Crippen molar-refractivity contribution in [2.24, 2.45) is 0 Å². The number of nitrogens with one attached hydrogen (secondary N) is 1. The molecule has 2 aromatic heterocycles. The molecule has 0 aliphatic carbocycles. The van der Waals surface area contributed by atoms with E-state index in [1.165, 1.54) is 7.11 Å². The van der Waals surface area contributed by atoms with Crippen LogP contribution >= 0.6 is 0 Å². The Morgan fingerprint density at radius 2 is 2.50 bits per heavy atom. The molecule has 1 aliphatic heterocycles. The molecule has 3 rings (SSSR count). The van der Waals surface area contributed by atoms with Gasteiger partial charge < -0.3 is 10.1 Å². The van der Waals surface area contributed by atoms with Crippen LogP contribution in [-0.4, -0.2) is 34.2 Å². The van der Waals surface area contributed by atoms with Crippen molar-refractivity contribution in [3.05, 3.63) is 29.7 Å². The van der Waals surface area contributed by atoms with Gasteiger partial charge in [0.2, 0.25) is 0 Å². The molecule has 2 aromatic rings. The van der Waals surface area contributed by atoms with Gasteiger partial charge in [-0.3, -0.25) is 0 Å². The Morgan fingerprint density at radius 3 is 3.22 bits per heavy atom. The Balaban J connectivity index is 2.08. The first-order chi connectivity index (χ1) is 8.79. The second-order valence-electron chi connectivity index (χ2n) is 4.30. The van der Waals surface area contributed by atoms with Gasteiger partial charge in [-0.05, 0) is 31.5 Å². The monoisotopic (exact) mass is 246 g/mol. The summed E-state index contributed by atoms with van der Waals surface area (Å²) in [6.07, 6.45) is 3.95. The highest BCUT2D eigenvalue weighted by Gasteiger charge is 2.22. The third-order valence-corrected chi connectivity index (χ3v) is 3.16. The number of fused-ring (bicyclic) bond motifs is 1. The van der Waals surface area contributed by atoms with E-state index in [0.29, 0.717) is 11.2 Å². The van der Waals surface area contributed by atoms with Gasteiger partial charge in [0.15, 0.2) is 11.5 Å². The van der Waals surface area contributed by atoms with Gasteiger partial charge >= 0.3 is 5.97 Å². The lowest BCUT2D eigenvalue weighted by molar-refractivity contribution is 0.0602. The first kappa shape index (κ1) is 11.2. The van der Waals surface area contributed by atoms with Crippen LogP contribution in [0.1, 0.15) is 35.1 Å². The number of hydrogen-bond acceptors (Lipinski definition) is 5. The summed E-state index contributed by atoms with van der Waals surface area (Å²) in [4.78, 5) is 16.1. The van der Waals surface area contributed by atoms with Crippen molar-refractivity contribution in [3.63, 3.8) is 0 Å². The Morgan fingerprint density at radius 1 is 1.61 bits per heavy atom. The van der Waals surface area contributed by atoms with Crippen LogP contribution in [0.4, 0.5) is 0 Å². The fourth-order valence-electron chi connectivity index (χ4n) is 2.24. The molecule has 0 radical (unpaired) electrons. The third-order valence-electron chi connectivity index (χ3n) is 3.16. The molecule has 6 heteroatoms. The third kappa shape index (κ3) is 1.74. The molecule has 3 heterocycles. The van der Waals surface area contributed by atoms with E-state index >= 15 is 0 Å². The van der Waals surface area contributed by atoms with Crippen molar-refractivity contribution in [2.45, 2.75) is 18.9 Å². The summed E-state index contributed by atoms with van der Waals surface area (Å²) in [5.74, 6) is 0.350. The first-order valence-corrected chi connectivity index (χ1v) is 5.96. The van der Waals surface area contributed by atoms with Gasteiger partial charge in [-0.2, -0.15) is 0 Å². The number of aromatic nitrogens is 3. The van der Waals surface area contributed by atoms with Crippen LogP contribution in [0, 0.1) is 0 Å². The fourth-order valence-corrected chi connectivity index (χ4v) is 2.24. The zero-order valence-corrected chi connectivity index (χ0v) is 10.1. The Hall–Kier alpha value is -1.95. The molecule has 0 amide bonds. The van der Waals surface area contributed by atoms with E-state index in [-0.39, 0.29) is 12.0 Å². The normalized spacial score (nSPS) is 19.3. The summed E-state index contributed by atoms with van der Waals surface area (Å²) in [7, 11) is 1.36. The molecule has 1 N–H and O–H groups in total. The van der Waals surface area contributed by atoms with E-state index in [9.17, 15) is 4.79 Å². The topological polar surface area (TPSA) is 68.5 Å². The average Bonchev–Trinajstić information content (AvgIpc) is 3.04. The summed E-state index contributed by atoms with van der Waals surface area (Å²) >= 11 is 0. The molecule has 1 unspecified atom stereocenters. The van der Waals surface area contributed by atoms with Gasteiger partial charge in [-0.25, -0.2) is 14.3 Å². The summed E-state index contributed by atoms with van der Waals surface area (Å²) in [6, 6.07) is 3.65. The molecule has 1 saturated heterocycles. The summed E-state index contributed by atoms with van der Waals surface area (Å²) < 4.78 is 6.37. The van der Waals surface area contributed by atoms with Crippen molar-refractivity contribution < 1.29 is 9.53 Å². The molecule has 0 aromatic carbocycles. The Bertz CT molecular complexity index is 587. The van der Waals surface area contributed by atoms with Crippen LogP contribution in [0.3, 0.4) is 0 Å². The predicted molar refractivity (Wildman–Crippen MR) is 64.3 cm³/mol. The molecular weight excluding hydrogens is 232 g/mol. The van der Waals surface area contributed by atoms with Crippen LogP contribution in [-0.2, 0) is 4.74 Å². The molecule has 6 nitrogen and oxygen atoms in total. The number of nitrogens with zero attached hydrogens (tertiary/aromatic N) is 3. The molecule has 0 spiro atoms. The number of esters is 1. The summed E-state index contributed by atoms with van der Waals surface area (Å²) in [5.41, 5.74) is 0.991. The van der Waals surface area contributed by atoms with Crippen LogP contribution in [0.5, 0.6) is 0 Å². The quantitative estimate of drug-likeness (QED) is 0.799. The van der Waals surface area contributed by atoms with E-state index in [2.05, 4.69) is 15.4 Å². The average molecular weight is 246 g/mol. The van der Waals surface area contributed by atoms with E-state index in [1.54, 1.807) is 22.8 Å². The second-order valence-corrected chi connectivity index (χ2v) is 4.30. The maximum absolute atomic E-state index is 11.6. The van der Waals surface area contributed by atoms with E-state index in [1.807, 2.05) is 0 Å². The zero-order valence-electron chi connectivity index (χ0n) is 10.1. The number of carbonyl (C=O) groups is 1. The first-order valence-electron chi connectivity index (χ1n) is 5.96. The lowest BCUT2D eigenvalue weighted by Gasteiger charge is -2.02. The molecule has 1 atom stereocenters. The predicted octanol–water partition coefficient (Wildman–Crippen LogP) is 0.940. The molecule has 1 aliphatic rings. The largest absolute Gasteiger partial charge is 0.465 e. The minimum atomic E-state index is -0.390. The molecule has 94 valence electrons. The molecule has 0 saturated carbocycles. The SMILES string of the molecule is COC(=O)c1cccn2nc(C3CCCN3)nc12. The van der Waals surface area contributed by atoms with Crippen molar-refractivity contribution in [1.29, 1.82) is 0 Å². The Kier molecular flexibility index (Phi) is 2.71.